The molecule has 1 aromatic heterocycles. The lowest BCUT2D eigenvalue weighted by Crippen LogP contribution is -2.04. The molecule has 1 aromatic carbocycles. The molecule has 0 radical (unpaired) electrons. The van der Waals surface area contributed by atoms with Gasteiger partial charge in [-0.05, 0) is 30.7 Å². The van der Waals surface area contributed by atoms with Gasteiger partial charge in [0.25, 0.3) is 0 Å². The summed E-state index contributed by atoms with van der Waals surface area (Å²) >= 11 is 0. The highest BCUT2D eigenvalue weighted by atomic mass is 35.5. The molecule has 0 saturated carbocycles. The minimum absolute atomic E-state index is 0. The fourth-order valence-electron chi connectivity index (χ4n) is 1.69. The molecule has 0 fully saturated rings. The highest BCUT2D eigenvalue weighted by Gasteiger charge is 2.08. The van der Waals surface area contributed by atoms with Gasteiger partial charge in [0, 0.05) is 11.5 Å². The molecule has 0 atom stereocenters. The minimum atomic E-state index is -0.272. The molecule has 2 aromatic rings. The van der Waals surface area contributed by atoms with Gasteiger partial charge in [-0.15, -0.1) is 12.4 Å². The van der Waals surface area contributed by atoms with Gasteiger partial charge >= 0.3 is 0 Å². The molecule has 3 nitrogen and oxygen atoms in total. The largest absolute Gasteiger partial charge is 0.481 e. The summed E-state index contributed by atoms with van der Waals surface area (Å²) in [6.07, 6.45) is 0.678. The van der Waals surface area contributed by atoms with Crippen molar-refractivity contribution in [1.82, 2.24) is 4.98 Å². The number of benzene rings is 1. The molecule has 0 saturated heterocycles. The van der Waals surface area contributed by atoms with Crippen LogP contribution in [-0.2, 0) is 6.42 Å². The number of methoxy groups -OCH3 is 1. The number of hydrogen-bond acceptors (Lipinski definition) is 3. The van der Waals surface area contributed by atoms with Crippen LogP contribution in [0.5, 0.6) is 5.88 Å². The number of halogens is 2. The van der Waals surface area contributed by atoms with Crippen molar-refractivity contribution in [3.8, 4) is 5.88 Å². The van der Waals surface area contributed by atoms with Crippen LogP contribution in [0.2, 0.25) is 0 Å². The van der Waals surface area contributed by atoms with Crippen molar-refractivity contribution in [2.75, 3.05) is 13.7 Å². The molecular weight excluding hydrogens is 243 g/mol. The summed E-state index contributed by atoms with van der Waals surface area (Å²) in [5, 5.41) is 0.506. The van der Waals surface area contributed by atoms with Crippen molar-refractivity contribution in [2.45, 2.75) is 6.42 Å². The monoisotopic (exact) mass is 256 g/mol. The van der Waals surface area contributed by atoms with Gasteiger partial charge < -0.3 is 10.5 Å². The molecule has 0 aliphatic rings. The lowest BCUT2D eigenvalue weighted by atomic mass is 10.1. The first-order valence-corrected chi connectivity index (χ1v) is 5.08. The van der Waals surface area contributed by atoms with Crippen LogP contribution < -0.4 is 10.5 Å². The molecule has 2 rings (SSSR count). The van der Waals surface area contributed by atoms with Crippen molar-refractivity contribution in [3.63, 3.8) is 0 Å². The van der Waals surface area contributed by atoms with Crippen LogP contribution in [0.25, 0.3) is 10.9 Å². The lowest BCUT2D eigenvalue weighted by molar-refractivity contribution is 0.399. The molecule has 0 spiro atoms. The van der Waals surface area contributed by atoms with Crippen molar-refractivity contribution >= 4 is 23.3 Å². The highest BCUT2D eigenvalue weighted by Crippen LogP contribution is 2.23. The molecule has 2 N–H and O–H groups in total. The normalized spacial score (nSPS) is 10.1. The van der Waals surface area contributed by atoms with Gasteiger partial charge in [-0.25, -0.2) is 9.37 Å². The third-order valence-electron chi connectivity index (χ3n) is 2.48. The van der Waals surface area contributed by atoms with Gasteiger partial charge in [-0.3, -0.25) is 0 Å². The Hall–Kier alpha value is -1.39. The quantitative estimate of drug-likeness (QED) is 0.917. The summed E-state index contributed by atoms with van der Waals surface area (Å²) in [7, 11) is 1.54. The number of nitrogens with two attached hydrogens (primary N) is 1. The van der Waals surface area contributed by atoms with Gasteiger partial charge in [0.15, 0.2) is 0 Å². The van der Waals surface area contributed by atoms with Gasteiger partial charge in [-0.1, -0.05) is 6.07 Å². The number of ether oxygens (including phenoxy) is 1. The predicted octanol–water partition coefficient (Wildman–Crippen LogP) is 2.31. The highest BCUT2D eigenvalue weighted by molar-refractivity contribution is 5.85. The van der Waals surface area contributed by atoms with Gasteiger partial charge in [0.05, 0.1) is 12.6 Å². The first-order valence-electron chi connectivity index (χ1n) is 5.08. The van der Waals surface area contributed by atoms with E-state index in [1.54, 1.807) is 18.2 Å². The molecular formula is C12H14ClFN2O. The van der Waals surface area contributed by atoms with Crippen LogP contribution in [0.1, 0.15) is 5.56 Å². The van der Waals surface area contributed by atoms with E-state index in [1.807, 2.05) is 0 Å². The van der Waals surface area contributed by atoms with E-state index in [1.165, 1.54) is 13.2 Å². The minimum Gasteiger partial charge on any atom is -0.481 e. The van der Waals surface area contributed by atoms with E-state index >= 15 is 0 Å². The molecule has 5 heteroatoms. The second kappa shape index (κ2) is 5.80. The van der Waals surface area contributed by atoms with Gasteiger partial charge in [0.2, 0.25) is 5.88 Å². The zero-order valence-corrected chi connectivity index (χ0v) is 10.3. The first kappa shape index (κ1) is 13.7. The maximum Gasteiger partial charge on any atom is 0.213 e. The van der Waals surface area contributed by atoms with E-state index in [0.29, 0.717) is 29.7 Å². The van der Waals surface area contributed by atoms with Crippen LogP contribution >= 0.6 is 12.4 Å². The molecule has 17 heavy (non-hydrogen) atoms. The smallest absolute Gasteiger partial charge is 0.213 e. The Labute approximate surface area is 105 Å². The molecule has 1 heterocycles. The van der Waals surface area contributed by atoms with Gasteiger partial charge in [0.1, 0.15) is 5.82 Å². The van der Waals surface area contributed by atoms with Crippen LogP contribution in [0.4, 0.5) is 4.39 Å². The predicted molar refractivity (Wildman–Crippen MR) is 68.3 cm³/mol. The standard InChI is InChI=1S/C12H13FN2O.ClH/c1-16-11-5-3-9-10(13)4-2-8(6-7-14)12(9)15-11;/h2-5H,6-7,14H2,1H3;1H. The molecule has 0 unspecified atom stereocenters. The average molecular weight is 257 g/mol. The molecule has 0 bridgehead atoms. The molecule has 0 aliphatic heterocycles. The lowest BCUT2D eigenvalue weighted by Gasteiger charge is -2.07. The van der Waals surface area contributed by atoms with E-state index in [0.717, 1.165) is 5.56 Å². The number of hydrogen-bond donors (Lipinski definition) is 1. The summed E-state index contributed by atoms with van der Waals surface area (Å²) in [6.45, 7) is 0.514. The maximum atomic E-state index is 13.5. The average Bonchev–Trinajstić information content (AvgIpc) is 2.32. The Balaban J connectivity index is 0.00000144. The number of nitrogens with zero attached hydrogens (tertiary/aromatic N) is 1. The van der Waals surface area contributed by atoms with E-state index < -0.39 is 0 Å². The summed E-state index contributed by atoms with van der Waals surface area (Å²) in [6, 6.07) is 6.49. The Kier molecular flexibility index (Phi) is 4.66. The van der Waals surface area contributed by atoms with Crippen molar-refractivity contribution in [2.24, 2.45) is 5.73 Å². The summed E-state index contributed by atoms with van der Waals surface area (Å²) in [4.78, 5) is 4.26. The van der Waals surface area contributed by atoms with Crippen LogP contribution in [0.3, 0.4) is 0 Å². The van der Waals surface area contributed by atoms with E-state index in [2.05, 4.69) is 4.98 Å². The Bertz CT molecular complexity index is 519. The SMILES string of the molecule is COc1ccc2c(F)ccc(CCN)c2n1.Cl. The van der Waals surface area contributed by atoms with Crippen molar-refractivity contribution < 1.29 is 9.13 Å². The fraction of sp³-hybridized carbons (Fsp3) is 0.250. The number of fused-ring (bicyclic) bond motifs is 1. The Morgan fingerprint density at radius 2 is 2.06 bits per heavy atom. The fourth-order valence-corrected chi connectivity index (χ4v) is 1.69. The van der Waals surface area contributed by atoms with Gasteiger partial charge in [-0.2, -0.15) is 0 Å². The van der Waals surface area contributed by atoms with E-state index in [9.17, 15) is 4.39 Å². The van der Waals surface area contributed by atoms with Crippen LogP contribution in [0, 0.1) is 5.82 Å². The first-order chi connectivity index (χ1) is 7.76. The summed E-state index contributed by atoms with van der Waals surface area (Å²) < 4.78 is 18.6. The van der Waals surface area contributed by atoms with E-state index in [4.69, 9.17) is 10.5 Å². The van der Waals surface area contributed by atoms with Crippen LogP contribution in [0.15, 0.2) is 24.3 Å². The Morgan fingerprint density at radius 1 is 1.29 bits per heavy atom. The van der Waals surface area contributed by atoms with Crippen LogP contribution in [-0.4, -0.2) is 18.6 Å². The van der Waals surface area contributed by atoms with E-state index in [-0.39, 0.29) is 18.2 Å². The molecule has 0 aliphatic carbocycles. The molecule has 0 amide bonds. The third-order valence-corrected chi connectivity index (χ3v) is 2.48. The number of rotatable bonds is 3. The second-order valence-electron chi connectivity index (χ2n) is 3.49. The van der Waals surface area contributed by atoms with Crippen molar-refractivity contribution in [3.05, 3.63) is 35.6 Å². The summed E-state index contributed by atoms with van der Waals surface area (Å²) in [5.74, 6) is 0.210. The van der Waals surface area contributed by atoms with Crippen molar-refractivity contribution in [1.29, 1.82) is 0 Å². The molecule has 92 valence electrons. The second-order valence-corrected chi connectivity index (χ2v) is 3.49. The zero-order chi connectivity index (χ0) is 11.5. The third kappa shape index (κ3) is 2.65. The number of pyridine rings is 1. The maximum absolute atomic E-state index is 13.5. The Morgan fingerprint density at radius 3 is 2.71 bits per heavy atom. The number of aromatic nitrogens is 1. The summed E-state index contributed by atoms with van der Waals surface area (Å²) in [5.41, 5.74) is 7.08. The zero-order valence-electron chi connectivity index (χ0n) is 9.44. The topological polar surface area (TPSA) is 48.1 Å².